The summed E-state index contributed by atoms with van der Waals surface area (Å²) in [6.07, 6.45) is 11.0. The molecular formula is C55H74N11O8+. The highest BCUT2D eigenvalue weighted by Crippen LogP contribution is 2.36. The largest absolute Gasteiger partial charge is 0.508 e. The second kappa shape index (κ2) is 28.2. The predicted octanol–water partition coefficient (Wildman–Crippen LogP) is 7.17. The van der Waals surface area contributed by atoms with E-state index in [4.69, 9.17) is 41.0 Å². The van der Waals surface area contributed by atoms with Gasteiger partial charge in [-0.2, -0.15) is 5.10 Å². The smallest absolute Gasteiger partial charge is 0.383 e. The highest BCUT2D eigenvalue weighted by molar-refractivity contribution is 5.90. The number of aliphatic hydroxyl groups excluding tert-OH is 1. The number of hydrogen-bond acceptors (Lipinski definition) is 18. The zero-order valence-electron chi connectivity index (χ0n) is 43.3. The lowest BCUT2D eigenvalue weighted by Gasteiger charge is -2.34. The Balaban J connectivity index is 0.000000166. The van der Waals surface area contributed by atoms with Crippen molar-refractivity contribution < 1.29 is 43.8 Å². The van der Waals surface area contributed by atoms with Crippen molar-refractivity contribution in [1.29, 1.82) is 0 Å². The lowest BCUT2D eigenvalue weighted by Crippen LogP contribution is -2.41. The molecule has 4 heterocycles. The third-order valence-electron chi connectivity index (χ3n) is 13.1. The first-order valence-corrected chi connectivity index (χ1v) is 24.9. The fourth-order valence-electron chi connectivity index (χ4n) is 9.11. The van der Waals surface area contributed by atoms with Crippen molar-refractivity contribution in [3.63, 3.8) is 0 Å². The minimum absolute atomic E-state index is 0.0237. The number of anilines is 4. The fourth-order valence-corrected chi connectivity index (χ4v) is 9.11. The average Bonchev–Trinajstić information content (AvgIpc) is 3.44. The highest BCUT2D eigenvalue weighted by atomic mass is 16.5. The Hall–Kier alpha value is -7.29. The molecule has 0 radical (unpaired) electrons. The van der Waals surface area contributed by atoms with Crippen LogP contribution in [0.3, 0.4) is 0 Å². The number of nitrogens with one attached hydrogen (secondary N) is 2. The standard InChI is InChI=1S/C20H27NO4.C18H23NO3.C9H15N5O.C8H8N4/c1-22-17-6-5-13(10-18(17)23-2)9-16-15-12-20(25-4)19(24-3)11-14(15)7-8-21-16;1-13(12-22-17-6-4-3-5-7-17)19-14(2)18(21)15-8-10-16(20)11-9-15;10-7-6-8(12-9(11)14(7)15)13-4-2-1-3-5-13;9-11-8-7-4-2-1-3-6(7)5-10-12-8/h7-8,11-13,17-18H,5-6,9-10H2,1-4H3;3-11,13-14,18-21H,12H2,1-2H3;6,15H,1-5H2,(H3,10,11,12);1-5H,9H2,(H,11,12)/p+1. The van der Waals surface area contributed by atoms with E-state index in [1.165, 1.54) is 6.42 Å². The van der Waals surface area contributed by atoms with Gasteiger partial charge in [0.2, 0.25) is 5.82 Å². The maximum atomic E-state index is 10.3. The number of nitrogens with zero attached hydrogens (tertiary/aromatic N) is 6. The molecule has 0 spiro atoms. The van der Waals surface area contributed by atoms with Gasteiger partial charge in [0.25, 0.3) is 0 Å². The van der Waals surface area contributed by atoms with Crippen LogP contribution in [0.5, 0.6) is 23.0 Å². The fraction of sp³-hybridized carbons (Fsp3) is 0.400. The molecule has 0 bridgehead atoms. The zero-order valence-corrected chi connectivity index (χ0v) is 43.3. The third kappa shape index (κ3) is 15.6. The van der Waals surface area contributed by atoms with Crippen LogP contribution in [-0.4, -0.2) is 108 Å². The number of aliphatic hydroxyl groups is 1. The molecule has 1 saturated heterocycles. The van der Waals surface area contributed by atoms with E-state index in [0.717, 1.165) is 107 Å². The average molecular weight is 1020 g/mol. The second-order valence-electron chi connectivity index (χ2n) is 18.3. The summed E-state index contributed by atoms with van der Waals surface area (Å²) >= 11 is 0. The molecule has 396 valence electrons. The zero-order chi connectivity index (χ0) is 53.0. The molecule has 19 heteroatoms. The van der Waals surface area contributed by atoms with Gasteiger partial charge < -0.3 is 66.2 Å². The summed E-state index contributed by atoms with van der Waals surface area (Å²) in [6, 6.07) is 31.7. The summed E-state index contributed by atoms with van der Waals surface area (Å²) in [5.41, 5.74) is 15.5. The first kappa shape index (κ1) is 56.0. The van der Waals surface area contributed by atoms with Gasteiger partial charge in [-0.25, -0.2) is 5.84 Å². The minimum Gasteiger partial charge on any atom is -0.508 e. The topological polar surface area (TPSA) is 268 Å². The Morgan fingerprint density at radius 3 is 2.16 bits per heavy atom. The van der Waals surface area contributed by atoms with Gasteiger partial charge in [0.05, 0.1) is 44.8 Å². The molecule has 9 rings (SSSR count). The quantitative estimate of drug-likeness (QED) is 0.0219. The van der Waals surface area contributed by atoms with Crippen molar-refractivity contribution in [3.05, 3.63) is 127 Å². The molecule has 2 fully saturated rings. The number of aromatic hydroxyl groups is 1. The number of piperidine rings is 1. The molecule has 1 aliphatic heterocycles. The molecular weight excluding hydrogens is 943 g/mol. The van der Waals surface area contributed by atoms with E-state index in [9.17, 15) is 15.4 Å². The van der Waals surface area contributed by atoms with Gasteiger partial charge in [0.1, 0.15) is 18.1 Å². The van der Waals surface area contributed by atoms with Crippen LogP contribution in [0.2, 0.25) is 0 Å². The molecule has 11 N–H and O–H groups in total. The molecule has 1 aliphatic carbocycles. The third-order valence-corrected chi connectivity index (χ3v) is 13.1. The van der Waals surface area contributed by atoms with Gasteiger partial charge >= 0.3 is 5.95 Å². The monoisotopic (exact) mass is 1020 g/mol. The number of methoxy groups -OCH3 is 4. The molecule has 1 saturated carbocycles. The van der Waals surface area contributed by atoms with Crippen LogP contribution < -0.4 is 51.9 Å². The van der Waals surface area contributed by atoms with Crippen molar-refractivity contribution in [1.82, 2.24) is 25.5 Å². The van der Waals surface area contributed by atoms with Crippen LogP contribution >= 0.6 is 0 Å². The normalized spacial score (nSPS) is 17.5. The number of rotatable bonds is 15. The molecule has 7 aromatic rings. The number of ether oxygens (including phenoxy) is 5. The molecule has 6 unspecified atom stereocenters. The van der Waals surface area contributed by atoms with Crippen LogP contribution in [-0.2, 0) is 15.9 Å². The van der Waals surface area contributed by atoms with Crippen molar-refractivity contribution in [2.75, 3.05) is 69.9 Å². The Morgan fingerprint density at radius 1 is 0.797 bits per heavy atom. The maximum absolute atomic E-state index is 10.3. The summed E-state index contributed by atoms with van der Waals surface area (Å²) in [4.78, 5) is 10.9. The maximum Gasteiger partial charge on any atom is 0.383 e. The molecule has 74 heavy (non-hydrogen) atoms. The number of hydrazine groups is 1. The van der Waals surface area contributed by atoms with E-state index in [2.05, 4.69) is 35.8 Å². The molecule has 0 amide bonds. The van der Waals surface area contributed by atoms with Gasteiger partial charge in [0, 0.05) is 67.4 Å². The van der Waals surface area contributed by atoms with E-state index >= 15 is 0 Å². The number of phenols is 1. The number of nitrogen functional groups attached to an aromatic ring is 3. The van der Waals surface area contributed by atoms with Gasteiger partial charge in [0.15, 0.2) is 23.1 Å². The number of fused-ring (bicyclic) bond motifs is 2. The first-order valence-electron chi connectivity index (χ1n) is 24.9. The second-order valence-corrected chi connectivity index (χ2v) is 18.3. The number of benzene rings is 4. The number of para-hydroxylation sites is 1. The first-order chi connectivity index (χ1) is 35.8. The Kier molecular flexibility index (Phi) is 21.4. The van der Waals surface area contributed by atoms with Gasteiger partial charge in [-0.15, -0.1) is 5.10 Å². The number of hydrogen-bond donors (Lipinski definition) is 8. The van der Waals surface area contributed by atoms with Crippen molar-refractivity contribution in [3.8, 4) is 23.0 Å². The van der Waals surface area contributed by atoms with Crippen molar-refractivity contribution in [2.24, 2.45) is 11.8 Å². The SMILES string of the molecule is CC(COc1ccccc1)NC(C)C(O)c1ccc(O)cc1.COc1cc2ccnc(CC3CCC(OC)C(OC)C3)c2cc1OC.NNc1nncc2ccccc12.Nc1cc(N2CCCCC2)nc(N)[n+]1O. The Labute approximate surface area is 433 Å². The van der Waals surface area contributed by atoms with Crippen LogP contribution in [0.25, 0.3) is 21.5 Å². The Bertz CT molecular complexity index is 2760. The summed E-state index contributed by atoms with van der Waals surface area (Å²) < 4.78 is 28.4. The van der Waals surface area contributed by atoms with Crippen LogP contribution in [0.4, 0.5) is 23.4 Å². The lowest BCUT2D eigenvalue weighted by molar-refractivity contribution is -0.883. The number of phenolic OH excluding ortho intramolecular Hbond substituents is 1. The summed E-state index contributed by atoms with van der Waals surface area (Å²) in [5, 5.41) is 44.1. The highest BCUT2D eigenvalue weighted by Gasteiger charge is 2.31. The molecule has 6 atom stereocenters. The summed E-state index contributed by atoms with van der Waals surface area (Å²) in [5.74, 6) is 9.90. The summed E-state index contributed by atoms with van der Waals surface area (Å²) in [7, 11) is 6.86. The van der Waals surface area contributed by atoms with E-state index in [1.807, 2.05) is 92.8 Å². The number of nitrogens with two attached hydrogens (primary N) is 3. The van der Waals surface area contributed by atoms with Crippen LogP contribution in [0, 0.1) is 5.92 Å². The lowest BCUT2D eigenvalue weighted by atomic mass is 9.82. The number of pyridine rings is 1. The van der Waals surface area contributed by atoms with Gasteiger partial charge in [-0.05, 0) is 123 Å². The van der Waals surface area contributed by atoms with E-state index in [-0.39, 0.29) is 41.8 Å². The minimum atomic E-state index is -0.639. The van der Waals surface area contributed by atoms with Crippen molar-refractivity contribution >= 4 is 44.9 Å². The van der Waals surface area contributed by atoms with Crippen LogP contribution in [0.1, 0.15) is 69.7 Å². The van der Waals surface area contributed by atoms with Crippen molar-refractivity contribution in [2.45, 2.75) is 89.2 Å². The van der Waals surface area contributed by atoms with E-state index in [1.54, 1.807) is 65.0 Å². The molecule has 3 aromatic heterocycles. The summed E-state index contributed by atoms with van der Waals surface area (Å²) in [6.45, 7) is 6.42. The molecule has 4 aromatic carbocycles. The predicted molar refractivity (Wildman–Crippen MR) is 288 cm³/mol. The van der Waals surface area contributed by atoms with Gasteiger partial charge in [-0.3, -0.25) is 4.98 Å². The molecule has 19 nitrogen and oxygen atoms in total. The molecule has 2 aliphatic rings. The van der Waals surface area contributed by atoms with E-state index in [0.29, 0.717) is 23.1 Å². The van der Waals surface area contributed by atoms with Crippen LogP contribution in [0.15, 0.2) is 116 Å². The van der Waals surface area contributed by atoms with E-state index < -0.39 is 6.10 Å². The Morgan fingerprint density at radius 2 is 1.49 bits per heavy atom. The van der Waals surface area contributed by atoms with Gasteiger partial charge in [-0.1, -0.05) is 59.6 Å². The number of aromatic nitrogens is 5.